The molecule has 144 valence electrons. The fraction of sp³-hybridized carbons (Fsp3) is 0.526. The highest BCUT2D eigenvalue weighted by atomic mass is 16.5. The molecule has 0 aliphatic heterocycles. The number of alkyl carbamates (subject to hydrolysis) is 1. The van der Waals surface area contributed by atoms with Crippen LogP contribution >= 0.6 is 0 Å². The van der Waals surface area contributed by atoms with Gasteiger partial charge in [0, 0.05) is 6.54 Å². The van der Waals surface area contributed by atoms with E-state index in [-0.39, 0.29) is 18.4 Å². The zero-order valence-electron chi connectivity index (χ0n) is 15.9. The number of hydrogen-bond acceptors (Lipinski definition) is 4. The molecule has 3 N–H and O–H groups in total. The minimum absolute atomic E-state index is 0.121. The Morgan fingerprint density at radius 3 is 2.23 bits per heavy atom. The summed E-state index contributed by atoms with van der Waals surface area (Å²) < 4.78 is 5.10. The number of amides is 3. The van der Waals surface area contributed by atoms with Gasteiger partial charge in [0.1, 0.15) is 18.7 Å². The van der Waals surface area contributed by atoms with Gasteiger partial charge in [-0.1, -0.05) is 44.2 Å². The maximum Gasteiger partial charge on any atom is 0.408 e. The van der Waals surface area contributed by atoms with Gasteiger partial charge in [0.2, 0.25) is 11.8 Å². The SMILES string of the molecule is CCNC(=O)[C@H](CC(C)C)NC(=O)[C@H](C)NC(=O)OCc1ccccc1. The van der Waals surface area contributed by atoms with Crippen molar-refractivity contribution in [3.05, 3.63) is 35.9 Å². The van der Waals surface area contributed by atoms with Crippen LogP contribution < -0.4 is 16.0 Å². The third-order valence-electron chi connectivity index (χ3n) is 3.63. The summed E-state index contributed by atoms with van der Waals surface area (Å²) in [6, 6.07) is 7.80. The van der Waals surface area contributed by atoms with E-state index in [9.17, 15) is 14.4 Å². The Morgan fingerprint density at radius 2 is 1.65 bits per heavy atom. The van der Waals surface area contributed by atoms with Crippen molar-refractivity contribution in [2.45, 2.75) is 52.8 Å². The predicted molar refractivity (Wildman–Crippen MR) is 99.3 cm³/mol. The second-order valence-electron chi connectivity index (χ2n) is 6.51. The van der Waals surface area contributed by atoms with Gasteiger partial charge in [-0.15, -0.1) is 0 Å². The largest absolute Gasteiger partial charge is 0.445 e. The lowest BCUT2D eigenvalue weighted by Crippen LogP contribution is -2.53. The van der Waals surface area contributed by atoms with Crippen molar-refractivity contribution in [2.75, 3.05) is 6.54 Å². The minimum atomic E-state index is -0.817. The molecule has 26 heavy (non-hydrogen) atoms. The molecule has 0 unspecified atom stereocenters. The molecular weight excluding hydrogens is 334 g/mol. The Labute approximate surface area is 154 Å². The van der Waals surface area contributed by atoms with Crippen LogP contribution in [0.5, 0.6) is 0 Å². The van der Waals surface area contributed by atoms with Gasteiger partial charge < -0.3 is 20.7 Å². The molecular formula is C19H29N3O4. The van der Waals surface area contributed by atoms with Crippen molar-refractivity contribution >= 4 is 17.9 Å². The third-order valence-corrected chi connectivity index (χ3v) is 3.63. The van der Waals surface area contributed by atoms with Gasteiger partial charge in [-0.2, -0.15) is 0 Å². The van der Waals surface area contributed by atoms with E-state index >= 15 is 0 Å². The lowest BCUT2D eigenvalue weighted by molar-refractivity contribution is -0.130. The van der Waals surface area contributed by atoms with E-state index in [2.05, 4.69) is 16.0 Å². The maximum atomic E-state index is 12.3. The third kappa shape index (κ3) is 8.00. The highest BCUT2D eigenvalue weighted by molar-refractivity contribution is 5.91. The normalized spacial score (nSPS) is 12.8. The molecule has 0 heterocycles. The first-order valence-corrected chi connectivity index (χ1v) is 8.88. The van der Waals surface area contributed by atoms with Crippen LogP contribution in [0, 0.1) is 5.92 Å². The number of ether oxygens (including phenoxy) is 1. The average Bonchev–Trinajstić information content (AvgIpc) is 2.60. The molecule has 0 aromatic heterocycles. The smallest absolute Gasteiger partial charge is 0.408 e. The fourth-order valence-electron chi connectivity index (χ4n) is 2.30. The summed E-state index contributed by atoms with van der Waals surface area (Å²) in [4.78, 5) is 36.2. The summed E-state index contributed by atoms with van der Waals surface area (Å²) >= 11 is 0. The van der Waals surface area contributed by atoms with Crippen LogP contribution in [0.15, 0.2) is 30.3 Å². The number of carbonyl (C=O) groups is 3. The number of carbonyl (C=O) groups excluding carboxylic acids is 3. The molecule has 0 aliphatic rings. The highest BCUT2D eigenvalue weighted by Crippen LogP contribution is 2.06. The predicted octanol–water partition coefficient (Wildman–Crippen LogP) is 1.97. The van der Waals surface area contributed by atoms with Crippen LogP contribution in [0.1, 0.15) is 39.7 Å². The minimum Gasteiger partial charge on any atom is -0.445 e. The first-order chi connectivity index (χ1) is 12.3. The summed E-state index contributed by atoms with van der Waals surface area (Å²) in [5.41, 5.74) is 0.855. The van der Waals surface area contributed by atoms with Crippen molar-refractivity contribution in [3.8, 4) is 0 Å². The first kappa shape index (κ1) is 21.5. The number of likely N-dealkylation sites (N-methyl/N-ethyl adjacent to an activating group) is 1. The monoisotopic (exact) mass is 363 g/mol. The van der Waals surface area contributed by atoms with Gasteiger partial charge in [0.05, 0.1) is 0 Å². The van der Waals surface area contributed by atoms with Gasteiger partial charge in [-0.3, -0.25) is 9.59 Å². The van der Waals surface area contributed by atoms with Crippen LogP contribution in [-0.2, 0) is 20.9 Å². The second kappa shape index (κ2) is 11.1. The van der Waals surface area contributed by atoms with E-state index in [1.165, 1.54) is 0 Å². The maximum absolute atomic E-state index is 12.3. The van der Waals surface area contributed by atoms with Crippen LogP contribution in [0.4, 0.5) is 4.79 Å². The van der Waals surface area contributed by atoms with Gasteiger partial charge >= 0.3 is 6.09 Å². The summed E-state index contributed by atoms with van der Waals surface area (Å²) in [5.74, 6) is -0.422. The number of benzene rings is 1. The van der Waals surface area contributed by atoms with Gasteiger partial charge in [0.15, 0.2) is 0 Å². The van der Waals surface area contributed by atoms with E-state index in [4.69, 9.17) is 4.74 Å². The van der Waals surface area contributed by atoms with E-state index in [1.807, 2.05) is 51.1 Å². The van der Waals surface area contributed by atoms with Crippen LogP contribution in [0.25, 0.3) is 0 Å². The van der Waals surface area contributed by atoms with E-state index in [0.717, 1.165) is 5.56 Å². The first-order valence-electron chi connectivity index (χ1n) is 8.88. The summed E-state index contributed by atoms with van der Waals surface area (Å²) in [6.07, 6.45) is -0.169. The Balaban J connectivity index is 2.50. The van der Waals surface area contributed by atoms with Crippen LogP contribution in [-0.4, -0.2) is 36.5 Å². The molecule has 0 spiro atoms. The highest BCUT2D eigenvalue weighted by Gasteiger charge is 2.24. The molecule has 7 heteroatoms. The molecule has 7 nitrogen and oxygen atoms in total. The van der Waals surface area contributed by atoms with Crippen molar-refractivity contribution in [1.82, 2.24) is 16.0 Å². The lowest BCUT2D eigenvalue weighted by atomic mass is 10.0. The number of rotatable bonds is 9. The molecule has 1 rings (SSSR count). The Kier molecular flexibility index (Phi) is 9.19. The van der Waals surface area contributed by atoms with Crippen LogP contribution in [0.3, 0.4) is 0 Å². The molecule has 0 radical (unpaired) electrons. The average molecular weight is 363 g/mol. The zero-order valence-corrected chi connectivity index (χ0v) is 15.9. The summed E-state index contributed by atoms with van der Waals surface area (Å²) in [7, 11) is 0. The van der Waals surface area contributed by atoms with E-state index in [1.54, 1.807) is 6.92 Å². The van der Waals surface area contributed by atoms with Crippen LogP contribution in [0.2, 0.25) is 0 Å². The molecule has 0 bridgehead atoms. The Hall–Kier alpha value is -2.57. The van der Waals surface area contributed by atoms with Gasteiger partial charge in [0.25, 0.3) is 0 Å². The molecule has 0 fully saturated rings. The second-order valence-corrected chi connectivity index (χ2v) is 6.51. The fourth-order valence-corrected chi connectivity index (χ4v) is 2.30. The zero-order chi connectivity index (χ0) is 19.5. The molecule has 3 amide bonds. The topological polar surface area (TPSA) is 96.5 Å². The standard InChI is InChI=1S/C19H29N3O4/c1-5-20-18(24)16(11-13(2)3)22-17(23)14(4)21-19(25)26-12-15-9-7-6-8-10-15/h6-10,13-14,16H,5,11-12H2,1-4H3,(H,20,24)(H,21,25)(H,22,23)/t14-,16-/m0/s1. The number of nitrogens with one attached hydrogen (secondary N) is 3. The molecule has 1 aromatic rings. The van der Waals surface area contributed by atoms with E-state index < -0.39 is 24.1 Å². The molecule has 0 saturated heterocycles. The molecule has 0 saturated carbocycles. The Morgan fingerprint density at radius 1 is 1.00 bits per heavy atom. The Bertz CT molecular complexity index is 590. The molecule has 2 atom stereocenters. The van der Waals surface area contributed by atoms with Gasteiger partial charge in [-0.25, -0.2) is 4.79 Å². The van der Waals surface area contributed by atoms with Crippen molar-refractivity contribution in [1.29, 1.82) is 0 Å². The van der Waals surface area contributed by atoms with Crippen molar-refractivity contribution in [2.24, 2.45) is 5.92 Å². The van der Waals surface area contributed by atoms with E-state index in [0.29, 0.717) is 13.0 Å². The summed E-state index contributed by atoms with van der Waals surface area (Å²) in [5, 5.41) is 7.87. The van der Waals surface area contributed by atoms with Crippen molar-refractivity contribution < 1.29 is 19.1 Å². The number of hydrogen-bond donors (Lipinski definition) is 3. The lowest BCUT2D eigenvalue weighted by Gasteiger charge is -2.22. The molecule has 0 aliphatic carbocycles. The van der Waals surface area contributed by atoms with Gasteiger partial charge in [-0.05, 0) is 31.7 Å². The summed E-state index contributed by atoms with van der Waals surface area (Å²) in [6.45, 7) is 7.92. The molecule has 1 aromatic carbocycles. The quantitative estimate of drug-likeness (QED) is 0.625. The van der Waals surface area contributed by atoms with Crippen molar-refractivity contribution in [3.63, 3.8) is 0 Å².